The van der Waals surface area contributed by atoms with E-state index in [0.717, 1.165) is 11.3 Å². The lowest BCUT2D eigenvalue weighted by Gasteiger charge is -1.98. The molecule has 0 aliphatic rings. The first-order valence-electron chi connectivity index (χ1n) is 4.55. The van der Waals surface area contributed by atoms with Crippen LogP contribution in [0.2, 0.25) is 0 Å². The summed E-state index contributed by atoms with van der Waals surface area (Å²) in [5.74, 6) is 0.859. The zero-order valence-corrected chi connectivity index (χ0v) is 9.08. The topological polar surface area (TPSA) is 90.7 Å². The fourth-order valence-corrected chi connectivity index (χ4v) is 2.09. The van der Waals surface area contributed by atoms with Crippen LogP contribution in [-0.4, -0.2) is 15.0 Å². The predicted octanol–water partition coefficient (Wildman–Crippen LogP) is 1.33. The van der Waals surface area contributed by atoms with Crippen molar-refractivity contribution >= 4 is 23.2 Å². The van der Waals surface area contributed by atoms with E-state index in [1.54, 1.807) is 11.3 Å². The van der Waals surface area contributed by atoms with Gasteiger partial charge in [0.1, 0.15) is 0 Å². The molecule has 4 N–H and O–H groups in total. The molecule has 2 heterocycles. The van der Waals surface area contributed by atoms with Crippen molar-refractivity contribution in [3.8, 4) is 10.7 Å². The molecule has 0 saturated carbocycles. The van der Waals surface area contributed by atoms with Crippen LogP contribution in [0, 0.1) is 0 Å². The first-order valence-corrected chi connectivity index (χ1v) is 5.37. The maximum Gasteiger partial charge on any atom is 0.225 e. The number of hydrogen-bond acceptors (Lipinski definition) is 6. The van der Waals surface area contributed by atoms with Gasteiger partial charge in [0, 0.05) is 4.88 Å². The van der Waals surface area contributed by atoms with Crippen molar-refractivity contribution in [1.29, 1.82) is 0 Å². The molecule has 0 radical (unpaired) electrons. The Bertz CT molecular complexity index is 459. The summed E-state index contributed by atoms with van der Waals surface area (Å²) in [5.41, 5.74) is 11.0. The average molecular weight is 221 g/mol. The van der Waals surface area contributed by atoms with Gasteiger partial charge >= 0.3 is 0 Å². The van der Waals surface area contributed by atoms with E-state index in [9.17, 15) is 0 Å². The summed E-state index contributed by atoms with van der Waals surface area (Å²) in [4.78, 5) is 14.0. The Morgan fingerprint density at radius 2 is 1.80 bits per heavy atom. The van der Waals surface area contributed by atoms with E-state index in [0.29, 0.717) is 5.82 Å². The maximum atomic E-state index is 5.50. The molecular formula is C9H11N5S. The number of nitrogens with zero attached hydrogens (tertiary/aromatic N) is 3. The van der Waals surface area contributed by atoms with Crippen molar-refractivity contribution in [2.24, 2.45) is 0 Å². The second-order valence-corrected chi connectivity index (χ2v) is 4.16. The SMILES string of the molecule is CCc1ccc(-c2nc(N)nc(N)n2)s1. The van der Waals surface area contributed by atoms with Gasteiger partial charge in [0.15, 0.2) is 5.82 Å². The van der Waals surface area contributed by atoms with E-state index in [2.05, 4.69) is 27.9 Å². The highest BCUT2D eigenvalue weighted by Crippen LogP contribution is 2.26. The van der Waals surface area contributed by atoms with Crippen LogP contribution in [0.3, 0.4) is 0 Å². The summed E-state index contributed by atoms with van der Waals surface area (Å²) in [6.07, 6.45) is 1.00. The molecule has 78 valence electrons. The molecule has 2 rings (SSSR count). The van der Waals surface area contributed by atoms with E-state index in [1.807, 2.05) is 6.07 Å². The highest BCUT2D eigenvalue weighted by molar-refractivity contribution is 7.15. The number of aryl methyl sites for hydroxylation is 1. The van der Waals surface area contributed by atoms with E-state index in [1.165, 1.54) is 4.88 Å². The lowest BCUT2D eigenvalue weighted by atomic mass is 10.3. The Morgan fingerprint density at radius 1 is 1.13 bits per heavy atom. The molecule has 0 aliphatic heterocycles. The first-order chi connectivity index (χ1) is 7.19. The third-order valence-electron chi connectivity index (χ3n) is 1.90. The molecule has 0 amide bonds. The molecule has 0 aromatic carbocycles. The number of hydrogen-bond donors (Lipinski definition) is 2. The molecule has 0 fully saturated rings. The lowest BCUT2D eigenvalue weighted by molar-refractivity contribution is 1.09. The van der Waals surface area contributed by atoms with E-state index >= 15 is 0 Å². The lowest BCUT2D eigenvalue weighted by Crippen LogP contribution is -2.03. The van der Waals surface area contributed by atoms with E-state index in [4.69, 9.17) is 11.5 Å². The Balaban J connectivity index is 2.44. The minimum Gasteiger partial charge on any atom is -0.368 e. The number of nitrogen functional groups attached to an aromatic ring is 2. The van der Waals surface area contributed by atoms with Crippen LogP contribution in [-0.2, 0) is 6.42 Å². The number of aromatic nitrogens is 3. The highest BCUT2D eigenvalue weighted by Gasteiger charge is 2.07. The van der Waals surface area contributed by atoms with Gasteiger partial charge in [-0.25, -0.2) is 0 Å². The van der Waals surface area contributed by atoms with Crippen LogP contribution in [0.5, 0.6) is 0 Å². The molecule has 0 aliphatic carbocycles. The van der Waals surface area contributed by atoms with Gasteiger partial charge in [0.2, 0.25) is 11.9 Å². The molecule has 6 heteroatoms. The third-order valence-corrected chi connectivity index (χ3v) is 3.13. The van der Waals surface area contributed by atoms with Crippen molar-refractivity contribution in [3.63, 3.8) is 0 Å². The molecular weight excluding hydrogens is 210 g/mol. The van der Waals surface area contributed by atoms with E-state index in [-0.39, 0.29) is 11.9 Å². The van der Waals surface area contributed by atoms with Crippen LogP contribution in [0.1, 0.15) is 11.8 Å². The molecule has 2 aromatic heterocycles. The monoisotopic (exact) mass is 221 g/mol. The second kappa shape index (κ2) is 3.82. The van der Waals surface area contributed by atoms with Crippen molar-refractivity contribution in [3.05, 3.63) is 17.0 Å². The summed E-state index contributed by atoms with van der Waals surface area (Å²) in [6, 6.07) is 4.02. The molecule has 0 saturated heterocycles. The number of nitrogens with two attached hydrogens (primary N) is 2. The standard InChI is InChI=1S/C9H11N5S/c1-2-5-3-4-6(15-5)7-12-8(10)14-9(11)13-7/h3-4H,2H2,1H3,(H4,10,11,12,13,14). The Labute approximate surface area is 91.2 Å². The van der Waals surface area contributed by atoms with Crippen LogP contribution < -0.4 is 11.5 Å². The smallest absolute Gasteiger partial charge is 0.225 e. The van der Waals surface area contributed by atoms with Crippen molar-refractivity contribution in [1.82, 2.24) is 15.0 Å². The second-order valence-electron chi connectivity index (χ2n) is 2.99. The zero-order valence-electron chi connectivity index (χ0n) is 8.27. The third kappa shape index (κ3) is 2.04. The Kier molecular flexibility index (Phi) is 2.51. The fraction of sp³-hybridized carbons (Fsp3) is 0.222. The zero-order chi connectivity index (χ0) is 10.8. The molecule has 0 spiro atoms. The molecule has 0 atom stereocenters. The van der Waals surface area contributed by atoms with Crippen molar-refractivity contribution in [2.75, 3.05) is 11.5 Å². The number of rotatable bonds is 2. The summed E-state index contributed by atoms with van der Waals surface area (Å²) in [5, 5.41) is 0. The van der Waals surface area contributed by atoms with Gasteiger partial charge in [-0.1, -0.05) is 6.92 Å². The van der Waals surface area contributed by atoms with E-state index < -0.39 is 0 Å². The van der Waals surface area contributed by atoms with Crippen LogP contribution >= 0.6 is 11.3 Å². The van der Waals surface area contributed by atoms with Gasteiger partial charge in [-0.2, -0.15) is 15.0 Å². The average Bonchev–Trinajstić information content (AvgIpc) is 2.64. The minimum atomic E-state index is 0.156. The van der Waals surface area contributed by atoms with Crippen LogP contribution in [0.15, 0.2) is 12.1 Å². The van der Waals surface area contributed by atoms with Crippen LogP contribution in [0.4, 0.5) is 11.9 Å². The number of thiophene rings is 1. The van der Waals surface area contributed by atoms with Gasteiger partial charge in [0.05, 0.1) is 4.88 Å². The molecule has 15 heavy (non-hydrogen) atoms. The minimum absolute atomic E-state index is 0.156. The quantitative estimate of drug-likeness (QED) is 0.798. The summed E-state index contributed by atoms with van der Waals surface area (Å²) in [6.45, 7) is 2.10. The Hall–Kier alpha value is -1.69. The van der Waals surface area contributed by atoms with Gasteiger partial charge in [-0.15, -0.1) is 11.3 Å². The summed E-state index contributed by atoms with van der Waals surface area (Å²) >= 11 is 1.64. The maximum absolute atomic E-state index is 5.50. The first kappa shape index (κ1) is 9.85. The van der Waals surface area contributed by atoms with Gasteiger partial charge in [0.25, 0.3) is 0 Å². The van der Waals surface area contributed by atoms with Crippen LogP contribution in [0.25, 0.3) is 10.7 Å². The number of anilines is 2. The molecule has 0 bridgehead atoms. The van der Waals surface area contributed by atoms with Crippen molar-refractivity contribution in [2.45, 2.75) is 13.3 Å². The van der Waals surface area contributed by atoms with Gasteiger partial charge in [-0.05, 0) is 18.6 Å². The fourth-order valence-electron chi connectivity index (χ4n) is 1.21. The predicted molar refractivity (Wildman–Crippen MR) is 61.3 cm³/mol. The van der Waals surface area contributed by atoms with Gasteiger partial charge < -0.3 is 11.5 Å². The highest BCUT2D eigenvalue weighted by atomic mass is 32.1. The summed E-state index contributed by atoms with van der Waals surface area (Å²) in [7, 11) is 0. The Morgan fingerprint density at radius 3 is 2.33 bits per heavy atom. The van der Waals surface area contributed by atoms with Crippen molar-refractivity contribution < 1.29 is 0 Å². The largest absolute Gasteiger partial charge is 0.368 e. The van der Waals surface area contributed by atoms with Gasteiger partial charge in [-0.3, -0.25) is 0 Å². The molecule has 2 aromatic rings. The normalized spacial score (nSPS) is 10.5. The summed E-state index contributed by atoms with van der Waals surface area (Å²) < 4.78 is 0. The molecule has 5 nitrogen and oxygen atoms in total. The molecule has 0 unspecified atom stereocenters.